The van der Waals surface area contributed by atoms with Crippen LogP contribution in [-0.4, -0.2) is 46.5 Å². The number of nitrogens with zero attached hydrogens (tertiary/aromatic N) is 3. The highest BCUT2D eigenvalue weighted by atomic mass is 16.5. The molecule has 0 aliphatic rings. The Labute approximate surface area is 141 Å². The first-order valence-corrected chi connectivity index (χ1v) is 7.90. The topological polar surface area (TPSA) is 88.3 Å². The molecule has 0 aliphatic carbocycles. The zero-order valence-electron chi connectivity index (χ0n) is 14.0. The van der Waals surface area contributed by atoms with E-state index < -0.39 is 0 Å². The minimum atomic E-state index is -0.200. The molecule has 1 aromatic carbocycles. The second-order valence-electron chi connectivity index (χ2n) is 5.51. The lowest BCUT2D eigenvalue weighted by atomic mass is 10.1. The van der Waals surface area contributed by atoms with E-state index in [2.05, 4.69) is 15.5 Å². The lowest BCUT2D eigenvalue weighted by molar-refractivity contribution is -0.134. The normalized spacial score (nSPS) is 10.4. The van der Waals surface area contributed by atoms with Crippen LogP contribution in [0.4, 0.5) is 0 Å². The van der Waals surface area contributed by atoms with Crippen molar-refractivity contribution in [2.45, 2.75) is 26.7 Å². The van der Waals surface area contributed by atoms with Crippen molar-refractivity contribution in [2.24, 2.45) is 0 Å². The van der Waals surface area contributed by atoms with E-state index in [1.807, 2.05) is 30.3 Å². The highest BCUT2D eigenvalue weighted by molar-refractivity contribution is 5.83. The molecule has 2 aromatic rings. The molecule has 2 amide bonds. The number of rotatable bonds is 8. The molecule has 0 saturated carbocycles. The van der Waals surface area contributed by atoms with Gasteiger partial charge in [-0.25, -0.2) is 0 Å². The number of amides is 2. The number of nitrogens with one attached hydrogen (secondary N) is 1. The van der Waals surface area contributed by atoms with Gasteiger partial charge in [0.25, 0.3) is 0 Å². The van der Waals surface area contributed by atoms with Crippen LogP contribution in [-0.2, 0) is 22.4 Å². The Kier molecular flexibility index (Phi) is 6.48. The SMILES string of the molecule is CC(=O)N(CCc1ccccc1)CC(=O)NCCc1nc(C)no1. The maximum atomic E-state index is 12.0. The molecule has 0 spiro atoms. The van der Waals surface area contributed by atoms with Crippen molar-refractivity contribution in [1.82, 2.24) is 20.4 Å². The van der Waals surface area contributed by atoms with Crippen LogP contribution < -0.4 is 5.32 Å². The molecule has 7 heteroatoms. The predicted octanol–water partition coefficient (Wildman–Crippen LogP) is 1.13. The molecule has 0 aliphatic heterocycles. The molecule has 0 fully saturated rings. The van der Waals surface area contributed by atoms with Crippen molar-refractivity contribution in [3.8, 4) is 0 Å². The first-order chi connectivity index (χ1) is 11.5. The van der Waals surface area contributed by atoms with Crippen LogP contribution in [0, 0.1) is 6.92 Å². The van der Waals surface area contributed by atoms with Gasteiger partial charge < -0.3 is 14.7 Å². The van der Waals surface area contributed by atoms with Gasteiger partial charge in [-0.2, -0.15) is 4.98 Å². The summed E-state index contributed by atoms with van der Waals surface area (Å²) in [5.74, 6) is 0.739. The van der Waals surface area contributed by atoms with E-state index >= 15 is 0 Å². The summed E-state index contributed by atoms with van der Waals surface area (Å²) >= 11 is 0. The zero-order chi connectivity index (χ0) is 17.4. The Morgan fingerprint density at radius 3 is 2.58 bits per heavy atom. The quantitative estimate of drug-likeness (QED) is 0.784. The standard InChI is InChI=1S/C17H22N4O3/c1-13-19-17(24-20-13)8-10-18-16(23)12-21(14(2)22)11-9-15-6-4-3-5-7-15/h3-7H,8-12H2,1-2H3,(H,18,23). The summed E-state index contributed by atoms with van der Waals surface area (Å²) < 4.78 is 4.98. The number of hydrogen-bond donors (Lipinski definition) is 1. The first kappa shape index (κ1) is 17.7. The average Bonchev–Trinajstić information content (AvgIpc) is 2.97. The number of benzene rings is 1. The summed E-state index contributed by atoms with van der Waals surface area (Å²) in [6.45, 7) is 4.16. The molecular formula is C17H22N4O3. The average molecular weight is 330 g/mol. The zero-order valence-corrected chi connectivity index (χ0v) is 14.0. The molecule has 7 nitrogen and oxygen atoms in total. The fourth-order valence-corrected chi connectivity index (χ4v) is 2.24. The van der Waals surface area contributed by atoms with E-state index in [0.29, 0.717) is 31.2 Å². The Bertz CT molecular complexity index is 669. The van der Waals surface area contributed by atoms with E-state index in [1.165, 1.54) is 6.92 Å². The summed E-state index contributed by atoms with van der Waals surface area (Å²) in [6, 6.07) is 9.87. The summed E-state index contributed by atoms with van der Waals surface area (Å²) in [5, 5.41) is 6.45. The van der Waals surface area contributed by atoms with Crippen LogP contribution in [0.15, 0.2) is 34.9 Å². The number of carbonyl (C=O) groups is 2. The van der Waals surface area contributed by atoms with Gasteiger partial charge in [0.15, 0.2) is 5.82 Å². The lowest BCUT2D eigenvalue weighted by Gasteiger charge is -2.20. The van der Waals surface area contributed by atoms with E-state index in [9.17, 15) is 9.59 Å². The Balaban J connectivity index is 1.74. The molecule has 0 unspecified atom stereocenters. The molecule has 128 valence electrons. The number of aryl methyl sites for hydroxylation is 1. The monoisotopic (exact) mass is 330 g/mol. The van der Waals surface area contributed by atoms with Crippen LogP contribution in [0.1, 0.15) is 24.2 Å². The van der Waals surface area contributed by atoms with E-state index in [0.717, 1.165) is 12.0 Å². The molecule has 0 radical (unpaired) electrons. The van der Waals surface area contributed by atoms with E-state index in [1.54, 1.807) is 11.8 Å². The predicted molar refractivity (Wildman–Crippen MR) is 88.1 cm³/mol. The molecule has 1 N–H and O–H groups in total. The summed E-state index contributed by atoms with van der Waals surface area (Å²) in [4.78, 5) is 29.3. The highest BCUT2D eigenvalue weighted by Crippen LogP contribution is 2.02. The van der Waals surface area contributed by atoms with Crippen molar-refractivity contribution in [3.05, 3.63) is 47.6 Å². The Morgan fingerprint density at radius 2 is 1.96 bits per heavy atom. The van der Waals surface area contributed by atoms with Gasteiger partial charge in [0.05, 0.1) is 6.54 Å². The Hall–Kier alpha value is -2.70. The third-order valence-electron chi connectivity index (χ3n) is 3.52. The number of hydrogen-bond acceptors (Lipinski definition) is 5. The molecule has 24 heavy (non-hydrogen) atoms. The maximum absolute atomic E-state index is 12.0. The molecule has 1 aromatic heterocycles. The Morgan fingerprint density at radius 1 is 1.21 bits per heavy atom. The first-order valence-electron chi connectivity index (χ1n) is 7.90. The van der Waals surface area contributed by atoms with Crippen molar-refractivity contribution >= 4 is 11.8 Å². The second kappa shape index (κ2) is 8.81. The van der Waals surface area contributed by atoms with E-state index in [4.69, 9.17) is 4.52 Å². The molecule has 2 rings (SSSR count). The van der Waals surface area contributed by atoms with Gasteiger partial charge in [-0.05, 0) is 18.9 Å². The van der Waals surface area contributed by atoms with Crippen molar-refractivity contribution in [2.75, 3.05) is 19.6 Å². The lowest BCUT2D eigenvalue weighted by Crippen LogP contribution is -2.41. The van der Waals surface area contributed by atoms with Gasteiger partial charge in [-0.3, -0.25) is 9.59 Å². The molecular weight excluding hydrogens is 308 g/mol. The van der Waals surface area contributed by atoms with Crippen LogP contribution in [0.25, 0.3) is 0 Å². The summed E-state index contributed by atoms with van der Waals surface area (Å²) in [6.07, 6.45) is 1.19. The minimum absolute atomic E-state index is 0.0467. The second-order valence-corrected chi connectivity index (χ2v) is 5.51. The summed E-state index contributed by atoms with van der Waals surface area (Å²) in [7, 11) is 0. The van der Waals surface area contributed by atoms with Gasteiger partial charge in [0, 0.05) is 26.4 Å². The van der Waals surface area contributed by atoms with Gasteiger partial charge >= 0.3 is 0 Å². The van der Waals surface area contributed by atoms with Gasteiger partial charge in [-0.15, -0.1) is 0 Å². The van der Waals surface area contributed by atoms with Gasteiger partial charge in [-0.1, -0.05) is 35.5 Å². The molecule has 1 heterocycles. The van der Waals surface area contributed by atoms with Crippen LogP contribution in [0.2, 0.25) is 0 Å². The fourth-order valence-electron chi connectivity index (χ4n) is 2.24. The minimum Gasteiger partial charge on any atom is -0.354 e. The fraction of sp³-hybridized carbons (Fsp3) is 0.412. The van der Waals surface area contributed by atoms with Crippen LogP contribution >= 0.6 is 0 Å². The summed E-state index contributed by atoms with van der Waals surface area (Å²) in [5.41, 5.74) is 1.14. The van der Waals surface area contributed by atoms with E-state index in [-0.39, 0.29) is 18.4 Å². The van der Waals surface area contributed by atoms with Gasteiger partial charge in [0.2, 0.25) is 17.7 Å². The van der Waals surface area contributed by atoms with Crippen molar-refractivity contribution < 1.29 is 14.1 Å². The van der Waals surface area contributed by atoms with Crippen molar-refractivity contribution in [3.63, 3.8) is 0 Å². The third kappa shape index (κ3) is 5.83. The number of aromatic nitrogens is 2. The molecule has 0 saturated heterocycles. The van der Waals surface area contributed by atoms with Gasteiger partial charge in [0.1, 0.15) is 0 Å². The largest absolute Gasteiger partial charge is 0.354 e. The van der Waals surface area contributed by atoms with Crippen LogP contribution in [0.5, 0.6) is 0 Å². The maximum Gasteiger partial charge on any atom is 0.239 e. The van der Waals surface area contributed by atoms with Crippen LogP contribution in [0.3, 0.4) is 0 Å². The number of carbonyl (C=O) groups excluding carboxylic acids is 2. The molecule has 0 atom stereocenters. The third-order valence-corrected chi connectivity index (χ3v) is 3.52. The van der Waals surface area contributed by atoms with Crippen molar-refractivity contribution in [1.29, 1.82) is 0 Å². The molecule has 0 bridgehead atoms. The highest BCUT2D eigenvalue weighted by Gasteiger charge is 2.13. The smallest absolute Gasteiger partial charge is 0.239 e.